The van der Waals surface area contributed by atoms with Crippen molar-refractivity contribution in [3.8, 4) is 0 Å². The van der Waals surface area contributed by atoms with Crippen LogP contribution in [0, 0.1) is 13.8 Å². The fraction of sp³-hybridized carbons (Fsp3) is 0.611. The third-order valence-electron chi connectivity index (χ3n) is 5.27. The van der Waals surface area contributed by atoms with Crippen molar-refractivity contribution < 1.29 is 0 Å². The van der Waals surface area contributed by atoms with Crippen molar-refractivity contribution in [2.75, 3.05) is 7.05 Å². The lowest BCUT2D eigenvalue weighted by Gasteiger charge is -2.34. The lowest BCUT2D eigenvalue weighted by atomic mass is 9.93. The highest BCUT2D eigenvalue weighted by atomic mass is 15.2. The number of imidazole rings is 1. The Balaban J connectivity index is 1.85. The van der Waals surface area contributed by atoms with E-state index in [1.165, 1.54) is 43.2 Å². The van der Waals surface area contributed by atoms with Crippen molar-refractivity contribution in [1.82, 2.24) is 14.9 Å². The van der Waals surface area contributed by atoms with E-state index in [0.717, 1.165) is 16.9 Å². The number of hydrogen-bond acceptors (Lipinski definition) is 2. The van der Waals surface area contributed by atoms with Crippen molar-refractivity contribution in [1.29, 1.82) is 0 Å². The van der Waals surface area contributed by atoms with E-state index in [1.807, 2.05) is 0 Å². The zero-order valence-electron chi connectivity index (χ0n) is 13.7. The molecular formula is C18H27N3. The van der Waals surface area contributed by atoms with E-state index in [-0.39, 0.29) is 0 Å². The van der Waals surface area contributed by atoms with Gasteiger partial charge in [-0.25, -0.2) is 4.98 Å². The smallest absolute Gasteiger partial charge is 0.124 e. The van der Waals surface area contributed by atoms with Gasteiger partial charge < -0.3 is 4.98 Å². The summed E-state index contributed by atoms with van der Waals surface area (Å²) < 4.78 is 0. The topological polar surface area (TPSA) is 31.9 Å². The molecule has 1 saturated carbocycles. The van der Waals surface area contributed by atoms with Gasteiger partial charge in [0.2, 0.25) is 0 Å². The summed E-state index contributed by atoms with van der Waals surface area (Å²) in [6.45, 7) is 6.58. The maximum atomic E-state index is 4.83. The van der Waals surface area contributed by atoms with Crippen LogP contribution in [0.25, 0.3) is 11.0 Å². The lowest BCUT2D eigenvalue weighted by Crippen LogP contribution is -2.35. The zero-order valence-corrected chi connectivity index (χ0v) is 13.7. The number of fused-ring (bicyclic) bond motifs is 1. The van der Waals surface area contributed by atoms with Crippen LogP contribution >= 0.6 is 0 Å². The van der Waals surface area contributed by atoms with Crippen molar-refractivity contribution >= 4 is 11.0 Å². The Kier molecular flexibility index (Phi) is 4.03. The summed E-state index contributed by atoms with van der Waals surface area (Å²) in [4.78, 5) is 10.9. The zero-order chi connectivity index (χ0) is 15.0. The van der Waals surface area contributed by atoms with Gasteiger partial charge in [0.15, 0.2) is 0 Å². The summed E-state index contributed by atoms with van der Waals surface area (Å²) in [5, 5.41) is 0. The van der Waals surface area contributed by atoms with Gasteiger partial charge in [-0.1, -0.05) is 19.3 Å². The number of aromatic amines is 1. The van der Waals surface area contributed by atoms with Gasteiger partial charge in [-0.2, -0.15) is 0 Å². The fourth-order valence-electron chi connectivity index (χ4n) is 3.48. The van der Waals surface area contributed by atoms with Gasteiger partial charge in [0, 0.05) is 6.04 Å². The summed E-state index contributed by atoms with van der Waals surface area (Å²) in [6, 6.07) is 5.47. The van der Waals surface area contributed by atoms with Crippen LogP contribution in [0.1, 0.15) is 62.0 Å². The highest BCUT2D eigenvalue weighted by Crippen LogP contribution is 2.29. The van der Waals surface area contributed by atoms with Crippen LogP contribution in [0.4, 0.5) is 0 Å². The average Bonchev–Trinajstić information content (AvgIpc) is 2.90. The molecular weight excluding hydrogens is 258 g/mol. The van der Waals surface area contributed by atoms with Gasteiger partial charge >= 0.3 is 0 Å². The summed E-state index contributed by atoms with van der Waals surface area (Å²) in [5.41, 5.74) is 4.90. The third-order valence-corrected chi connectivity index (χ3v) is 5.27. The summed E-state index contributed by atoms with van der Waals surface area (Å²) in [7, 11) is 2.25. The molecule has 114 valence electrons. The molecule has 0 amide bonds. The molecule has 1 unspecified atom stereocenters. The number of rotatable bonds is 3. The van der Waals surface area contributed by atoms with Crippen molar-refractivity contribution in [3.63, 3.8) is 0 Å². The Morgan fingerprint density at radius 3 is 2.52 bits per heavy atom. The molecule has 1 atom stereocenters. The molecule has 0 aliphatic heterocycles. The molecule has 1 fully saturated rings. The second kappa shape index (κ2) is 5.80. The van der Waals surface area contributed by atoms with E-state index < -0.39 is 0 Å². The van der Waals surface area contributed by atoms with Crippen LogP contribution in [0.3, 0.4) is 0 Å². The van der Waals surface area contributed by atoms with Gasteiger partial charge in [0.1, 0.15) is 5.82 Å². The molecule has 1 heterocycles. The maximum absolute atomic E-state index is 4.83. The average molecular weight is 285 g/mol. The Bertz CT molecular complexity index is 584. The second-order valence-electron chi connectivity index (χ2n) is 6.71. The monoisotopic (exact) mass is 285 g/mol. The first-order chi connectivity index (χ1) is 10.1. The largest absolute Gasteiger partial charge is 0.341 e. The number of aryl methyl sites for hydroxylation is 2. The molecule has 1 aliphatic carbocycles. The van der Waals surface area contributed by atoms with Crippen LogP contribution in [0.5, 0.6) is 0 Å². The highest BCUT2D eigenvalue weighted by molar-refractivity contribution is 5.77. The van der Waals surface area contributed by atoms with E-state index in [9.17, 15) is 0 Å². The third kappa shape index (κ3) is 2.84. The van der Waals surface area contributed by atoms with Gasteiger partial charge in [-0.15, -0.1) is 0 Å². The number of nitrogens with one attached hydrogen (secondary N) is 1. The van der Waals surface area contributed by atoms with Crippen molar-refractivity contribution in [2.45, 2.75) is 65.0 Å². The Morgan fingerprint density at radius 2 is 1.81 bits per heavy atom. The number of nitrogens with zero attached hydrogens (tertiary/aromatic N) is 2. The SMILES string of the molecule is Cc1cc2nc(C(C)N(C)C3CCCCC3)[nH]c2cc1C. The van der Waals surface area contributed by atoms with Crippen LogP contribution in [0.15, 0.2) is 12.1 Å². The van der Waals surface area contributed by atoms with E-state index in [1.54, 1.807) is 0 Å². The van der Waals surface area contributed by atoms with Crippen LogP contribution < -0.4 is 0 Å². The molecule has 2 aromatic rings. The van der Waals surface area contributed by atoms with Gasteiger partial charge in [-0.05, 0) is 63.9 Å². The van der Waals surface area contributed by atoms with Crippen LogP contribution in [0.2, 0.25) is 0 Å². The van der Waals surface area contributed by atoms with Crippen molar-refractivity contribution in [2.24, 2.45) is 0 Å². The molecule has 1 aromatic heterocycles. The van der Waals surface area contributed by atoms with Crippen LogP contribution in [-0.4, -0.2) is 28.0 Å². The molecule has 1 aromatic carbocycles. The summed E-state index contributed by atoms with van der Waals surface area (Å²) in [6.07, 6.45) is 6.82. The number of hydrogen-bond donors (Lipinski definition) is 1. The second-order valence-corrected chi connectivity index (χ2v) is 6.71. The highest BCUT2D eigenvalue weighted by Gasteiger charge is 2.24. The van der Waals surface area contributed by atoms with Gasteiger partial charge in [0.05, 0.1) is 17.1 Å². The quantitative estimate of drug-likeness (QED) is 0.900. The summed E-state index contributed by atoms with van der Waals surface area (Å²) in [5.74, 6) is 1.10. The molecule has 0 saturated heterocycles. The Morgan fingerprint density at radius 1 is 1.14 bits per heavy atom. The predicted molar refractivity (Wildman–Crippen MR) is 88.6 cm³/mol. The number of benzene rings is 1. The molecule has 21 heavy (non-hydrogen) atoms. The molecule has 1 aliphatic rings. The fourth-order valence-corrected chi connectivity index (χ4v) is 3.48. The van der Waals surface area contributed by atoms with Gasteiger partial charge in [0.25, 0.3) is 0 Å². The molecule has 1 N–H and O–H groups in total. The number of aromatic nitrogens is 2. The molecule has 3 heteroatoms. The first-order valence-electron chi connectivity index (χ1n) is 8.25. The first kappa shape index (κ1) is 14.6. The minimum Gasteiger partial charge on any atom is -0.341 e. The molecule has 3 nitrogen and oxygen atoms in total. The van der Waals surface area contributed by atoms with E-state index >= 15 is 0 Å². The predicted octanol–water partition coefficient (Wildman–Crippen LogP) is 4.51. The molecule has 0 radical (unpaired) electrons. The van der Waals surface area contributed by atoms with Gasteiger partial charge in [-0.3, -0.25) is 4.90 Å². The lowest BCUT2D eigenvalue weighted by molar-refractivity contribution is 0.142. The Hall–Kier alpha value is -1.35. The van der Waals surface area contributed by atoms with E-state index in [4.69, 9.17) is 4.98 Å². The van der Waals surface area contributed by atoms with Crippen molar-refractivity contribution in [3.05, 3.63) is 29.1 Å². The minimum atomic E-state index is 0.348. The summed E-state index contributed by atoms with van der Waals surface area (Å²) >= 11 is 0. The van der Waals surface area contributed by atoms with E-state index in [2.05, 4.69) is 49.8 Å². The van der Waals surface area contributed by atoms with E-state index in [0.29, 0.717) is 12.1 Å². The number of H-pyrrole nitrogens is 1. The molecule has 3 rings (SSSR count). The molecule has 0 spiro atoms. The Labute approximate surface area is 127 Å². The maximum Gasteiger partial charge on any atom is 0.124 e. The van der Waals surface area contributed by atoms with Crippen LogP contribution in [-0.2, 0) is 0 Å². The molecule has 0 bridgehead atoms. The minimum absolute atomic E-state index is 0.348. The standard InChI is InChI=1S/C18H27N3/c1-12-10-16-17(11-13(12)2)20-18(19-16)14(3)21(4)15-8-6-5-7-9-15/h10-11,14-15H,5-9H2,1-4H3,(H,19,20). The first-order valence-corrected chi connectivity index (χ1v) is 8.25. The normalized spacial score (nSPS) is 18.5.